The van der Waals surface area contributed by atoms with Crippen LogP contribution in [-0.2, 0) is 4.79 Å². The maximum absolute atomic E-state index is 10.9. The van der Waals surface area contributed by atoms with E-state index in [4.69, 9.17) is 10.7 Å². The molecule has 4 rings (SSSR count). The minimum absolute atomic E-state index is 0.507. The Morgan fingerprint density at radius 2 is 2.07 bits per heavy atom. The van der Waals surface area contributed by atoms with Crippen molar-refractivity contribution in [1.29, 1.82) is 0 Å². The summed E-state index contributed by atoms with van der Waals surface area (Å²) in [5.74, 6) is 0.507. The Bertz CT molecular complexity index is 1230. The van der Waals surface area contributed by atoms with Crippen LogP contribution in [0.15, 0.2) is 54.9 Å². The molecule has 0 radical (unpaired) electrons. The molecule has 3 aromatic heterocycles. The number of likely N-dealkylation sites (N-methyl/N-ethyl adjacent to an activating group) is 1. The van der Waals surface area contributed by atoms with Gasteiger partial charge in [-0.05, 0) is 24.1 Å². The standard InChI is InChI=1S/C22H22N6O/c1-3-15(8-9-27(2)14-29)20-11-21(23)28-22(26-20)18(13-25-28)17-10-16-6-4-5-7-19(16)24-12-17/h4-8,10-14H,3,9,23H2,1-2H3/b15-8+. The summed E-state index contributed by atoms with van der Waals surface area (Å²) < 4.78 is 1.64. The van der Waals surface area contributed by atoms with Crippen LogP contribution in [-0.4, -0.2) is 44.5 Å². The molecule has 7 heteroatoms. The van der Waals surface area contributed by atoms with Gasteiger partial charge in [0.15, 0.2) is 5.65 Å². The second-order valence-electron chi connectivity index (χ2n) is 6.90. The second-order valence-corrected chi connectivity index (χ2v) is 6.90. The first-order valence-electron chi connectivity index (χ1n) is 9.45. The van der Waals surface area contributed by atoms with Crippen molar-refractivity contribution in [3.63, 3.8) is 0 Å². The molecule has 3 heterocycles. The van der Waals surface area contributed by atoms with Crippen molar-refractivity contribution in [2.45, 2.75) is 13.3 Å². The fourth-order valence-electron chi connectivity index (χ4n) is 3.30. The molecule has 0 saturated heterocycles. The summed E-state index contributed by atoms with van der Waals surface area (Å²) in [6.07, 6.45) is 7.18. The first-order chi connectivity index (χ1) is 14.1. The highest BCUT2D eigenvalue weighted by molar-refractivity contribution is 5.87. The lowest BCUT2D eigenvalue weighted by molar-refractivity contribution is -0.116. The van der Waals surface area contributed by atoms with Crippen LogP contribution in [0.3, 0.4) is 0 Å². The molecule has 7 nitrogen and oxygen atoms in total. The van der Waals surface area contributed by atoms with Crippen molar-refractivity contribution in [3.8, 4) is 11.1 Å². The fraction of sp³-hybridized carbons (Fsp3) is 0.182. The topological polar surface area (TPSA) is 89.4 Å². The van der Waals surface area contributed by atoms with Crippen LogP contribution in [0.25, 0.3) is 33.3 Å². The predicted molar refractivity (Wildman–Crippen MR) is 115 cm³/mol. The quantitative estimate of drug-likeness (QED) is 0.513. The van der Waals surface area contributed by atoms with Gasteiger partial charge in [-0.1, -0.05) is 31.2 Å². The lowest BCUT2D eigenvalue weighted by Gasteiger charge is -2.11. The van der Waals surface area contributed by atoms with Crippen molar-refractivity contribution in [1.82, 2.24) is 24.5 Å². The first-order valence-corrected chi connectivity index (χ1v) is 9.45. The Kier molecular flexibility index (Phi) is 4.95. The van der Waals surface area contributed by atoms with E-state index in [-0.39, 0.29) is 0 Å². The van der Waals surface area contributed by atoms with Crippen LogP contribution in [0.5, 0.6) is 0 Å². The van der Waals surface area contributed by atoms with Gasteiger partial charge in [-0.2, -0.15) is 9.61 Å². The zero-order valence-corrected chi connectivity index (χ0v) is 16.4. The monoisotopic (exact) mass is 386 g/mol. The Morgan fingerprint density at radius 1 is 1.24 bits per heavy atom. The molecule has 0 fully saturated rings. The molecule has 0 bridgehead atoms. The minimum atomic E-state index is 0.507. The lowest BCUT2D eigenvalue weighted by atomic mass is 10.1. The number of hydrogen-bond donors (Lipinski definition) is 1. The van der Waals surface area contributed by atoms with E-state index in [0.717, 1.165) is 46.1 Å². The Balaban J connectivity index is 1.83. The smallest absolute Gasteiger partial charge is 0.209 e. The molecule has 0 aliphatic heterocycles. The fourth-order valence-corrected chi connectivity index (χ4v) is 3.30. The van der Waals surface area contributed by atoms with Gasteiger partial charge in [0.2, 0.25) is 6.41 Å². The first kappa shape index (κ1) is 18.6. The zero-order valence-electron chi connectivity index (χ0n) is 16.4. The number of nitrogens with zero attached hydrogens (tertiary/aromatic N) is 5. The molecule has 146 valence electrons. The van der Waals surface area contributed by atoms with Crippen LogP contribution in [0, 0.1) is 0 Å². The number of amides is 1. The SMILES string of the molecule is CC/C(=C\CN(C)C=O)c1cc(N)n2ncc(-c3cnc4ccccc4c3)c2n1. The van der Waals surface area contributed by atoms with Crippen molar-refractivity contribution < 1.29 is 4.79 Å². The molecule has 0 unspecified atom stereocenters. The molecular formula is C22H22N6O. The van der Waals surface area contributed by atoms with Gasteiger partial charge in [-0.3, -0.25) is 9.78 Å². The molecule has 0 atom stereocenters. The molecule has 0 aliphatic rings. The van der Waals surface area contributed by atoms with Gasteiger partial charge in [0.1, 0.15) is 5.82 Å². The van der Waals surface area contributed by atoms with Gasteiger partial charge in [-0.25, -0.2) is 4.98 Å². The molecular weight excluding hydrogens is 364 g/mol. The Labute approximate surface area is 168 Å². The predicted octanol–water partition coefficient (Wildman–Crippen LogP) is 3.41. The number of pyridine rings is 1. The number of carbonyl (C=O) groups excluding carboxylic acids is 1. The van der Waals surface area contributed by atoms with Gasteiger partial charge in [0, 0.05) is 42.4 Å². The van der Waals surface area contributed by atoms with E-state index in [2.05, 4.69) is 23.1 Å². The Morgan fingerprint density at radius 3 is 2.86 bits per heavy atom. The van der Waals surface area contributed by atoms with Crippen molar-refractivity contribution in [3.05, 3.63) is 60.6 Å². The number of benzene rings is 1. The molecule has 29 heavy (non-hydrogen) atoms. The van der Waals surface area contributed by atoms with E-state index < -0.39 is 0 Å². The summed E-state index contributed by atoms with van der Waals surface area (Å²) in [4.78, 5) is 21.8. The molecule has 2 N–H and O–H groups in total. The maximum Gasteiger partial charge on any atom is 0.209 e. The normalized spacial score (nSPS) is 11.9. The number of hydrogen-bond acceptors (Lipinski definition) is 5. The number of anilines is 1. The maximum atomic E-state index is 10.9. The number of carbonyl (C=O) groups is 1. The summed E-state index contributed by atoms with van der Waals surface area (Å²) in [7, 11) is 1.74. The third-order valence-corrected chi connectivity index (χ3v) is 4.92. The van der Waals surface area contributed by atoms with Gasteiger partial charge in [0.25, 0.3) is 0 Å². The van der Waals surface area contributed by atoms with Crippen LogP contribution < -0.4 is 5.73 Å². The van der Waals surface area contributed by atoms with E-state index in [1.54, 1.807) is 22.7 Å². The average Bonchev–Trinajstić information content (AvgIpc) is 3.18. The number of allylic oxidation sites excluding steroid dienone is 1. The number of nitrogen functional groups attached to an aromatic ring is 1. The zero-order chi connectivity index (χ0) is 20.4. The lowest BCUT2D eigenvalue weighted by Crippen LogP contribution is -2.15. The van der Waals surface area contributed by atoms with Gasteiger partial charge >= 0.3 is 0 Å². The summed E-state index contributed by atoms with van der Waals surface area (Å²) in [5, 5.41) is 5.47. The van der Waals surface area contributed by atoms with Crippen LogP contribution in [0.2, 0.25) is 0 Å². The van der Waals surface area contributed by atoms with E-state index >= 15 is 0 Å². The summed E-state index contributed by atoms with van der Waals surface area (Å²) in [6, 6.07) is 11.9. The third kappa shape index (κ3) is 3.54. The highest BCUT2D eigenvalue weighted by atomic mass is 16.1. The molecule has 0 aliphatic carbocycles. The molecule has 0 saturated carbocycles. The summed E-state index contributed by atoms with van der Waals surface area (Å²) in [6.45, 7) is 2.57. The number of nitrogens with two attached hydrogens (primary N) is 1. The van der Waals surface area contributed by atoms with E-state index in [1.165, 1.54) is 0 Å². The van der Waals surface area contributed by atoms with E-state index in [9.17, 15) is 4.79 Å². The highest BCUT2D eigenvalue weighted by Gasteiger charge is 2.14. The number of para-hydroxylation sites is 1. The number of fused-ring (bicyclic) bond motifs is 2. The van der Waals surface area contributed by atoms with Crippen molar-refractivity contribution in [2.75, 3.05) is 19.3 Å². The highest BCUT2D eigenvalue weighted by Crippen LogP contribution is 2.28. The van der Waals surface area contributed by atoms with E-state index in [0.29, 0.717) is 18.0 Å². The van der Waals surface area contributed by atoms with Crippen molar-refractivity contribution >= 4 is 34.4 Å². The molecule has 0 spiro atoms. The third-order valence-electron chi connectivity index (χ3n) is 4.92. The van der Waals surface area contributed by atoms with E-state index in [1.807, 2.05) is 42.6 Å². The minimum Gasteiger partial charge on any atom is -0.384 e. The van der Waals surface area contributed by atoms with Crippen LogP contribution in [0.4, 0.5) is 5.82 Å². The molecule has 1 amide bonds. The van der Waals surface area contributed by atoms with Gasteiger partial charge in [-0.15, -0.1) is 0 Å². The molecule has 1 aromatic carbocycles. The van der Waals surface area contributed by atoms with Crippen molar-refractivity contribution in [2.24, 2.45) is 0 Å². The Hall–Kier alpha value is -3.74. The number of aromatic nitrogens is 4. The average molecular weight is 386 g/mol. The van der Waals surface area contributed by atoms with Crippen LogP contribution in [0.1, 0.15) is 19.0 Å². The largest absolute Gasteiger partial charge is 0.384 e. The summed E-state index contributed by atoms with van der Waals surface area (Å²) in [5.41, 5.74) is 11.5. The number of rotatable bonds is 6. The van der Waals surface area contributed by atoms with Gasteiger partial charge < -0.3 is 10.6 Å². The summed E-state index contributed by atoms with van der Waals surface area (Å²) >= 11 is 0. The van der Waals surface area contributed by atoms with Crippen LogP contribution >= 0.6 is 0 Å². The van der Waals surface area contributed by atoms with Gasteiger partial charge in [0.05, 0.1) is 17.4 Å². The molecule has 4 aromatic rings. The second kappa shape index (κ2) is 7.71.